The summed E-state index contributed by atoms with van der Waals surface area (Å²) in [6, 6.07) is 0. The van der Waals surface area contributed by atoms with Crippen molar-refractivity contribution < 1.29 is 15.6 Å². The van der Waals surface area contributed by atoms with E-state index < -0.39 is 0 Å². The SMILES string of the molecule is C1CCC2CCCCC2C1.OOO. The van der Waals surface area contributed by atoms with E-state index in [1.807, 2.05) is 0 Å². The zero-order valence-electron chi connectivity index (χ0n) is 8.11. The molecule has 2 N–H and O–H groups in total. The normalized spacial score (nSPS) is 32.8. The first-order chi connectivity index (χ1) is 6.38. The maximum absolute atomic E-state index is 6.62. The fourth-order valence-electron chi connectivity index (χ4n) is 2.86. The molecule has 0 aromatic heterocycles. The highest BCUT2D eigenvalue weighted by Gasteiger charge is 2.26. The molecule has 3 heteroatoms. The van der Waals surface area contributed by atoms with Gasteiger partial charge in [-0.05, 0) is 11.8 Å². The molecule has 3 nitrogen and oxygen atoms in total. The topological polar surface area (TPSA) is 49.7 Å². The minimum absolute atomic E-state index is 1.16. The van der Waals surface area contributed by atoms with Gasteiger partial charge in [0.1, 0.15) is 0 Å². The lowest BCUT2D eigenvalue weighted by molar-refractivity contribution is -0.465. The van der Waals surface area contributed by atoms with Crippen LogP contribution in [-0.4, -0.2) is 10.5 Å². The van der Waals surface area contributed by atoms with E-state index in [-0.39, 0.29) is 0 Å². The quantitative estimate of drug-likeness (QED) is 0.453. The molecule has 0 atom stereocenters. The lowest BCUT2D eigenvalue weighted by Crippen LogP contribution is -2.22. The lowest BCUT2D eigenvalue weighted by atomic mass is 9.71. The molecule has 2 rings (SSSR count). The van der Waals surface area contributed by atoms with Crippen molar-refractivity contribution in [3.8, 4) is 0 Å². The van der Waals surface area contributed by atoms with Crippen molar-refractivity contribution in [2.24, 2.45) is 11.8 Å². The van der Waals surface area contributed by atoms with Crippen molar-refractivity contribution in [1.29, 1.82) is 0 Å². The average Bonchev–Trinajstić information content (AvgIpc) is 2.19. The summed E-state index contributed by atoms with van der Waals surface area (Å²) in [5, 5.41) is 15.5. The van der Waals surface area contributed by atoms with E-state index >= 15 is 0 Å². The minimum Gasteiger partial charge on any atom is -0.221 e. The van der Waals surface area contributed by atoms with Crippen LogP contribution in [0.3, 0.4) is 0 Å². The molecule has 78 valence electrons. The molecule has 2 fully saturated rings. The molecule has 0 aromatic carbocycles. The standard InChI is InChI=1S/C10H18.H2O3/c1-2-6-10-8-4-3-7-9(10)5-1;1-3-2/h9-10H,1-8H2;1-2H. The number of hydrogen-bond donors (Lipinski definition) is 2. The summed E-state index contributed by atoms with van der Waals surface area (Å²) >= 11 is 0. The largest absolute Gasteiger partial charge is 0.221 e. The number of fused-ring (bicyclic) bond motifs is 1. The molecular weight excluding hydrogens is 168 g/mol. The van der Waals surface area contributed by atoms with Crippen LogP contribution >= 0.6 is 0 Å². The van der Waals surface area contributed by atoms with E-state index in [0.29, 0.717) is 0 Å². The Bertz CT molecular complexity index is 101. The van der Waals surface area contributed by atoms with Crippen LogP contribution < -0.4 is 0 Å². The summed E-state index contributed by atoms with van der Waals surface area (Å²) in [4.78, 5) is 0. The first-order valence-corrected chi connectivity index (χ1v) is 5.33. The zero-order valence-corrected chi connectivity index (χ0v) is 8.11. The molecule has 0 heterocycles. The predicted octanol–water partition coefficient (Wildman–Crippen LogP) is 3.32. The Morgan fingerprint density at radius 2 is 0.923 bits per heavy atom. The molecule has 0 bridgehead atoms. The van der Waals surface area contributed by atoms with Gasteiger partial charge in [-0.1, -0.05) is 56.4 Å². The third kappa shape index (κ3) is 3.63. The molecule has 2 aliphatic carbocycles. The van der Waals surface area contributed by atoms with Crippen molar-refractivity contribution in [3.05, 3.63) is 0 Å². The van der Waals surface area contributed by atoms with Crippen LogP contribution in [0.25, 0.3) is 0 Å². The summed E-state index contributed by atoms with van der Waals surface area (Å²) in [5.41, 5.74) is 0. The Hall–Kier alpha value is -0.120. The summed E-state index contributed by atoms with van der Waals surface area (Å²) in [7, 11) is 0. The summed E-state index contributed by atoms with van der Waals surface area (Å²) in [6.07, 6.45) is 12.4. The van der Waals surface area contributed by atoms with Crippen molar-refractivity contribution in [3.63, 3.8) is 0 Å². The summed E-state index contributed by atoms with van der Waals surface area (Å²) in [6.45, 7) is 0. The molecule has 0 amide bonds. The van der Waals surface area contributed by atoms with Gasteiger partial charge < -0.3 is 0 Å². The fraction of sp³-hybridized carbons (Fsp3) is 1.00. The molecule has 0 saturated heterocycles. The van der Waals surface area contributed by atoms with Gasteiger partial charge in [0.15, 0.2) is 0 Å². The minimum atomic E-state index is 1.16. The van der Waals surface area contributed by atoms with Gasteiger partial charge in [0.05, 0.1) is 0 Å². The van der Waals surface area contributed by atoms with Gasteiger partial charge >= 0.3 is 0 Å². The molecule has 0 unspecified atom stereocenters. The molecule has 0 aliphatic heterocycles. The molecule has 0 radical (unpaired) electrons. The fourth-order valence-corrected chi connectivity index (χ4v) is 2.86. The zero-order chi connectivity index (χ0) is 9.52. The van der Waals surface area contributed by atoms with Crippen LogP contribution in [0.15, 0.2) is 0 Å². The second-order valence-electron chi connectivity index (χ2n) is 4.17. The molecule has 13 heavy (non-hydrogen) atoms. The molecule has 2 aliphatic rings. The van der Waals surface area contributed by atoms with Crippen molar-refractivity contribution in [1.82, 2.24) is 0 Å². The number of hydrogen-bond acceptors (Lipinski definition) is 3. The van der Waals surface area contributed by atoms with Gasteiger partial charge in [0.2, 0.25) is 0 Å². The van der Waals surface area contributed by atoms with Gasteiger partial charge in [0.25, 0.3) is 0 Å². The Balaban J connectivity index is 0.000000251. The Morgan fingerprint density at radius 3 is 1.15 bits per heavy atom. The first kappa shape index (κ1) is 11.0. The second-order valence-corrected chi connectivity index (χ2v) is 4.17. The van der Waals surface area contributed by atoms with Gasteiger partial charge in [-0.2, -0.15) is 0 Å². The van der Waals surface area contributed by atoms with Crippen molar-refractivity contribution >= 4 is 0 Å². The Kier molecular flexibility index (Phi) is 5.35. The van der Waals surface area contributed by atoms with Crippen molar-refractivity contribution in [2.75, 3.05) is 0 Å². The maximum Gasteiger partial charge on any atom is -0.0386 e. The highest BCUT2D eigenvalue weighted by atomic mass is 17.4. The lowest BCUT2D eigenvalue weighted by Gasteiger charge is -2.35. The predicted molar refractivity (Wildman–Crippen MR) is 50.3 cm³/mol. The summed E-state index contributed by atoms with van der Waals surface area (Å²) < 4.78 is 0. The molecular formula is C10H20O3. The third-order valence-electron chi connectivity index (χ3n) is 3.47. The van der Waals surface area contributed by atoms with Gasteiger partial charge in [0, 0.05) is 0 Å². The van der Waals surface area contributed by atoms with Gasteiger partial charge in [-0.3, -0.25) is 0 Å². The van der Waals surface area contributed by atoms with Gasteiger partial charge in [-0.25, -0.2) is 10.5 Å². The van der Waals surface area contributed by atoms with E-state index in [2.05, 4.69) is 5.04 Å². The van der Waals surface area contributed by atoms with Crippen LogP contribution in [0, 0.1) is 11.8 Å². The Morgan fingerprint density at radius 1 is 0.692 bits per heavy atom. The molecule has 2 saturated carbocycles. The molecule has 0 aromatic rings. The Labute approximate surface area is 79.6 Å². The van der Waals surface area contributed by atoms with Crippen LogP contribution in [0.4, 0.5) is 0 Å². The average molecular weight is 188 g/mol. The first-order valence-electron chi connectivity index (χ1n) is 5.33. The highest BCUT2D eigenvalue weighted by Crippen LogP contribution is 2.39. The van der Waals surface area contributed by atoms with Crippen LogP contribution in [-0.2, 0) is 5.04 Å². The van der Waals surface area contributed by atoms with Crippen LogP contribution in [0.5, 0.6) is 0 Å². The molecule has 0 spiro atoms. The van der Waals surface area contributed by atoms with E-state index in [4.69, 9.17) is 10.5 Å². The van der Waals surface area contributed by atoms with E-state index in [1.54, 1.807) is 25.7 Å². The maximum atomic E-state index is 6.62. The van der Waals surface area contributed by atoms with Crippen molar-refractivity contribution in [2.45, 2.75) is 51.4 Å². The van der Waals surface area contributed by atoms with Gasteiger partial charge in [-0.15, -0.1) is 0 Å². The highest BCUT2D eigenvalue weighted by molar-refractivity contribution is 4.78. The van der Waals surface area contributed by atoms with Crippen LogP contribution in [0.2, 0.25) is 0 Å². The second kappa shape index (κ2) is 6.35. The number of rotatable bonds is 0. The van der Waals surface area contributed by atoms with E-state index in [1.165, 1.54) is 25.7 Å². The van der Waals surface area contributed by atoms with E-state index in [9.17, 15) is 0 Å². The third-order valence-corrected chi connectivity index (χ3v) is 3.47. The smallest absolute Gasteiger partial charge is 0.0386 e. The van der Waals surface area contributed by atoms with E-state index in [0.717, 1.165) is 11.8 Å². The van der Waals surface area contributed by atoms with Crippen LogP contribution in [0.1, 0.15) is 51.4 Å². The summed E-state index contributed by atoms with van der Waals surface area (Å²) in [5.74, 6) is 2.31. The monoisotopic (exact) mass is 188 g/mol.